The molecule has 24 heavy (non-hydrogen) atoms. The number of halogens is 1. The van der Waals surface area contributed by atoms with Gasteiger partial charge in [0.2, 0.25) is 0 Å². The Morgan fingerprint density at radius 2 is 1.75 bits per heavy atom. The summed E-state index contributed by atoms with van der Waals surface area (Å²) in [5.74, 6) is 0. The number of benzene rings is 1. The fourth-order valence-corrected chi connectivity index (χ4v) is 2.46. The lowest BCUT2D eigenvalue weighted by Gasteiger charge is -2.30. The Bertz CT molecular complexity index is 646. The van der Waals surface area contributed by atoms with Gasteiger partial charge in [0.25, 0.3) is 0 Å². The van der Waals surface area contributed by atoms with Crippen LogP contribution in [0.1, 0.15) is 18.5 Å². The number of urea groups is 1. The molecular formula is C18H23ClN4O. The lowest BCUT2D eigenvalue weighted by Crippen LogP contribution is -2.41. The molecule has 0 bridgehead atoms. The number of amides is 2. The average Bonchev–Trinajstić information content (AvgIpc) is 2.57. The molecule has 1 atom stereocenters. The summed E-state index contributed by atoms with van der Waals surface area (Å²) in [7, 11) is 3.98. The van der Waals surface area contributed by atoms with Crippen molar-refractivity contribution in [3.05, 3.63) is 59.4 Å². The van der Waals surface area contributed by atoms with Gasteiger partial charge in [-0.15, -0.1) is 0 Å². The Balaban J connectivity index is 2.14. The molecule has 1 aromatic heterocycles. The lowest BCUT2D eigenvalue weighted by atomic mass is 10.1. The van der Waals surface area contributed by atoms with Crippen LogP contribution in [0.25, 0.3) is 0 Å². The van der Waals surface area contributed by atoms with E-state index >= 15 is 0 Å². The van der Waals surface area contributed by atoms with Crippen molar-refractivity contribution in [2.45, 2.75) is 13.0 Å². The maximum absolute atomic E-state index is 12.8. The Morgan fingerprint density at radius 1 is 1.12 bits per heavy atom. The van der Waals surface area contributed by atoms with Gasteiger partial charge < -0.3 is 15.1 Å². The highest BCUT2D eigenvalue weighted by Gasteiger charge is 2.21. The normalized spacial score (nSPS) is 12.0. The van der Waals surface area contributed by atoms with Crippen LogP contribution in [-0.4, -0.2) is 48.0 Å². The highest BCUT2D eigenvalue weighted by molar-refractivity contribution is 6.30. The van der Waals surface area contributed by atoms with E-state index in [2.05, 4.69) is 15.2 Å². The molecule has 2 rings (SSSR count). The molecule has 1 aromatic carbocycles. The van der Waals surface area contributed by atoms with Gasteiger partial charge in [0, 0.05) is 36.2 Å². The zero-order valence-electron chi connectivity index (χ0n) is 14.2. The van der Waals surface area contributed by atoms with Crippen molar-refractivity contribution in [1.29, 1.82) is 0 Å². The van der Waals surface area contributed by atoms with Crippen molar-refractivity contribution in [1.82, 2.24) is 14.8 Å². The fraction of sp³-hybridized carbons (Fsp3) is 0.333. The topological polar surface area (TPSA) is 48.5 Å². The largest absolute Gasteiger partial charge is 0.322 e. The number of rotatable bonds is 6. The minimum Gasteiger partial charge on any atom is -0.316 e. The molecule has 0 radical (unpaired) electrons. The SMILES string of the molecule is C[C@@H](c1ccncc1)N(CCN(C)C)C(=O)Nc1ccc(Cl)cc1. The van der Waals surface area contributed by atoms with Gasteiger partial charge in [-0.3, -0.25) is 4.98 Å². The van der Waals surface area contributed by atoms with E-state index in [1.807, 2.05) is 38.1 Å². The van der Waals surface area contributed by atoms with Crippen molar-refractivity contribution in [2.75, 3.05) is 32.5 Å². The summed E-state index contributed by atoms with van der Waals surface area (Å²) < 4.78 is 0. The van der Waals surface area contributed by atoms with Gasteiger partial charge >= 0.3 is 6.03 Å². The number of pyridine rings is 1. The first kappa shape index (κ1) is 18.2. The monoisotopic (exact) mass is 346 g/mol. The van der Waals surface area contributed by atoms with E-state index in [4.69, 9.17) is 11.6 Å². The zero-order valence-corrected chi connectivity index (χ0v) is 15.0. The number of nitrogens with zero attached hydrogens (tertiary/aromatic N) is 3. The maximum Gasteiger partial charge on any atom is 0.322 e. The van der Waals surface area contributed by atoms with Gasteiger partial charge in [-0.2, -0.15) is 0 Å². The molecular weight excluding hydrogens is 324 g/mol. The van der Waals surface area contributed by atoms with Crippen LogP contribution in [0.4, 0.5) is 10.5 Å². The van der Waals surface area contributed by atoms with Crippen LogP contribution in [-0.2, 0) is 0 Å². The van der Waals surface area contributed by atoms with Gasteiger partial charge in [0.05, 0.1) is 6.04 Å². The van der Waals surface area contributed by atoms with Crippen molar-refractivity contribution in [3.63, 3.8) is 0 Å². The molecule has 0 saturated carbocycles. The van der Waals surface area contributed by atoms with Gasteiger partial charge in [0.15, 0.2) is 0 Å². The van der Waals surface area contributed by atoms with Crippen molar-refractivity contribution in [3.8, 4) is 0 Å². The van der Waals surface area contributed by atoms with Gasteiger partial charge in [-0.1, -0.05) is 11.6 Å². The maximum atomic E-state index is 12.8. The van der Waals surface area contributed by atoms with Crippen LogP contribution >= 0.6 is 11.6 Å². The number of hydrogen-bond donors (Lipinski definition) is 1. The first-order chi connectivity index (χ1) is 11.5. The number of hydrogen-bond acceptors (Lipinski definition) is 3. The highest BCUT2D eigenvalue weighted by Crippen LogP contribution is 2.21. The number of anilines is 1. The minimum absolute atomic E-state index is 0.0553. The molecule has 0 saturated heterocycles. The number of carbonyl (C=O) groups is 1. The highest BCUT2D eigenvalue weighted by atomic mass is 35.5. The molecule has 0 aliphatic carbocycles. The molecule has 1 N–H and O–H groups in total. The molecule has 0 spiro atoms. The predicted molar refractivity (Wildman–Crippen MR) is 98.4 cm³/mol. The summed E-state index contributed by atoms with van der Waals surface area (Å²) in [5.41, 5.74) is 1.77. The summed E-state index contributed by atoms with van der Waals surface area (Å²) in [6.07, 6.45) is 3.49. The Morgan fingerprint density at radius 3 is 2.33 bits per heavy atom. The molecule has 0 aliphatic heterocycles. The van der Waals surface area contributed by atoms with E-state index in [-0.39, 0.29) is 12.1 Å². The molecule has 128 valence electrons. The smallest absolute Gasteiger partial charge is 0.316 e. The minimum atomic E-state index is -0.136. The van der Waals surface area contributed by atoms with Crippen LogP contribution in [0, 0.1) is 0 Å². The first-order valence-corrected chi connectivity index (χ1v) is 8.23. The second-order valence-electron chi connectivity index (χ2n) is 5.89. The predicted octanol–water partition coefficient (Wildman–Crippen LogP) is 3.89. The van der Waals surface area contributed by atoms with Crippen LogP contribution < -0.4 is 5.32 Å². The quantitative estimate of drug-likeness (QED) is 0.863. The Labute approximate surface area is 148 Å². The standard InChI is InChI=1S/C18H23ClN4O/c1-14(15-8-10-20-11-9-15)23(13-12-22(2)3)18(24)21-17-6-4-16(19)5-7-17/h4-11,14H,12-13H2,1-3H3,(H,21,24)/t14-/m0/s1. The average molecular weight is 347 g/mol. The van der Waals surface area contributed by atoms with E-state index in [0.717, 1.165) is 17.8 Å². The molecule has 0 unspecified atom stereocenters. The second-order valence-corrected chi connectivity index (χ2v) is 6.33. The second kappa shape index (κ2) is 8.66. The third-order valence-electron chi connectivity index (χ3n) is 3.80. The third-order valence-corrected chi connectivity index (χ3v) is 4.05. The molecule has 2 amide bonds. The fourth-order valence-electron chi connectivity index (χ4n) is 2.33. The molecule has 2 aromatic rings. The van der Waals surface area contributed by atoms with Gasteiger partial charge in [-0.05, 0) is 63.0 Å². The van der Waals surface area contributed by atoms with E-state index in [1.165, 1.54) is 0 Å². The number of carbonyl (C=O) groups excluding carboxylic acids is 1. The van der Waals surface area contributed by atoms with Crippen molar-refractivity contribution < 1.29 is 4.79 Å². The Hall–Kier alpha value is -2.11. The first-order valence-electron chi connectivity index (χ1n) is 7.85. The Kier molecular flexibility index (Phi) is 6.58. The summed E-state index contributed by atoms with van der Waals surface area (Å²) in [6, 6.07) is 10.8. The summed E-state index contributed by atoms with van der Waals surface area (Å²) in [4.78, 5) is 20.7. The van der Waals surface area contributed by atoms with E-state index in [1.54, 1.807) is 36.7 Å². The van der Waals surface area contributed by atoms with E-state index in [9.17, 15) is 4.79 Å². The number of aromatic nitrogens is 1. The number of nitrogens with one attached hydrogen (secondary N) is 1. The molecule has 1 heterocycles. The summed E-state index contributed by atoms with van der Waals surface area (Å²) in [5, 5.41) is 3.58. The summed E-state index contributed by atoms with van der Waals surface area (Å²) in [6.45, 7) is 3.42. The van der Waals surface area contributed by atoms with Gasteiger partial charge in [0.1, 0.15) is 0 Å². The van der Waals surface area contributed by atoms with Crippen LogP contribution in [0.15, 0.2) is 48.8 Å². The molecule has 5 nitrogen and oxygen atoms in total. The van der Waals surface area contributed by atoms with Crippen LogP contribution in [0.3, 0.4) is 0 Å². The molecule has 0 fully saturated rings. The summed E-state index contributed by atoms with van der Waals surface area (Å²) >= 11 is 5.89. The third kappa shape index (κ3) is 5.22. The van der Waals surface area contributed by atoms with Gasteiger partial charge in [-0.25, -0.2) is 4.79 Å². The zero-order chi connectivity index (χ0) is 17.5. The lowest BCUT2D eigenvalue weighted by molar-refractivity contribution is 0.185. The van der Waals surface area contributed by atoms with Crippen LogP contribution in [0.5, 0.6) is 0 Å². The van der Waals surface area contributed by atoms with Crippen molar-refractivity contribution >= 4 is 23.3 Å². The van der Waals surface area contributed by atoms with E-state index < -0.39 is 0 Å². The van der Waals surface area contributed by atoms with Crippen molar-refractivity contribution in [2.24, 2.45) is 0 Å². The number of likely N-dealkylation sites (N-methyl/N-ethyl adjacent to an activating group) is 1. The molecule has 6 heteroatoms. The molecule has 0 aliphatic rings. The van der Waals surface area contributed by atoms with E-state index in [0.29, 0.717) is 11.6 Å². The van der Waals surface area contributed by atoms with Crippen LogP contribution in [0.2, 0.25) is 5.02 Å².